The van der Waals surface area contributed by atoms with E-state index in [-0.39, 0.29) is 19.5 Å². The summed E-state index contributed by atoms with van der Waals surface area (Å²) in [6, 6.07) is 10.7. The molecule has 0 saturated heterocycles. The molecule has 24 heavy (non-hydrogen) atoms. The summed E-state index contributed by atoms with van der Waals surface area (Å²) >= 11 is 0. The van der Waals surface area contributed by atoms with Crippen molar-refractivity contribution < 1.29 is 17.6 Å². The molecule has 8 heteroatoms. The molecule has 0 atom stereocenters. The monoisotopic (exact) mass is 351 g/mol. The van der Waals surface area contributed by atoms with E-state index in [4.69, 9.17) is 0 Å². The van der Waals surface area contributed by atoms with Crippen molar-refractivity contribution in [3.8, 4) is 0 Å². The standard InChI is InChI=1S/C16H18FN3O3S/c1-24(22,23)20(12-15-6-2-3-9-18-15)10-8-16(21)19-14-7-4-5-13(17)11-14/h2-7,9,11H,8,10,12H2,1H3,(H,19,21). The average molecular weight is 351 g/mol. The van der Waals surface area contributed by atoms with Gasteiger partial charge in [0.2, 0.25) is 15.9 Å². The van der Waals surface area contributed by atoms with Crippen LogP contribution in [0.2, 0.25) is 0 Å². The number of carbonyl (C=O) groups is 1. The summed E-state index contributed by atoms with van der Waals surface area (Å²) in [5.74, 6) is -0.851. The second-order valence-corrected chi connectivity index (χ2v) is 7.21. The predicted molar refractivity (Wildman–Crippen MR) is 89.1 cm³/mol. The minimum Gasteiger partial charge on any atom is -0.326 e. The van der Waals surface area contributed by atoms with Crippen LogP contribution >= 0.6 is 0 Å². The van der Waals surface area contributed by atoms with Crippen molar-refractivity contribution in [1.29, 1.82) is 0 Å². The summed E-state index contributed by atoms with van der Waals surface area (Å²) in [6.45, 7) is 0.101. The highest BCUT2D eigenvalue weighted by Gasteiger charge is 2.18. The van der Waals surface area contributed by atoms with Gasteiger partial charge in [-0.15, -0.1) is 0 Å². The Hall–Kier alpha value is -2.32. The molecule has 0 bridgehead atoms. The summed E-state index contributed by atoms with van der Waals surface area (Å²) in [7, 11) is -3.49. The van der Waals surface area contributed by atoms with Crippen LogP contribution in [-0.4, -0.2) is 36.4 Å². The molecule has 2 aromatic rings. The number of sulfonamides is 1. The molecule has 1 aromatic carbocycles. The second-order valence-electron chi connectivity index (χ2n) is 5.23. The van der Waals surface area contributed by atoms with Gasteiger partial charge >= 0.3 is 0 Å². The largest absolute Gasteiger partial charge is 0.326 e. The fraction of sp³-hybridized carbons (Fsp3) is 0.250. The zero-order valence-corrected chi connectivity index (χ0v) is 14.0. The summed E-state index contributed by atoms with van der Waals surface area (Å²) in [5, 5.41) is 2.54. The first-order valence-corrected chi connectivity index (χ1v) is 9.10. The topological polar surface area (TPSA) is 79.4 Å². The zero-order chi connectivity index (χ0) is 17.6. The quantitative estimate of drug-likeness (QED) is 0.828. The maximum absolute atomic E-state index is 13.1. The Labute approximate surface area is 140 Å². The fourth-order valence-corrected chi connectivity index (χ4v) is 2.84. The Bertz CT molecular complexity index is 797. The summed E-state index contributed by atoms with van der Waals surface area (Å²) < 4.78 is 38.0. The summed E-state index contributed by atoms with van der Waals surface area (Å²) in [6.07, 6.45) is 2.61. The van der Waals surface area contributed by atoms with Crippen molar-refractivity contribution >= 4 is 21.6 Å². The number of aromatic nitrogens is 1. The van der Waals surface area contributed by atoms with Gasteiger partial charge in [-0.1, -0.05) is 12.1 Å². The Morgan fingerprint density at radius 1 is 1.25 bits per heavy atom. The molecule has 0 aliphatic heterocycles. The van der Waals surface area contributed by atoms with Crippen LogP contribution < -0.4 is 5.32 Å². The molecule has 6 nitrogen and oxygen atoms in total. The van der Waals surface area contributed by atoms with Gasteiger partial charge in [0.25, 0.3) is 0 Å². The average Bonchev–Trinajstić information content (AvgIpc) is 2.51. The molecule has 1 N–H and O–H groups in total. The third-order valence-corrected chi connectivity index (χ3v) is 4.48. The Balaban J connectivity index is 1.96. The molecule has 0 spiro atoms. The first kappa shape index (κ1) is 18.0. The molecular weight excluding hydrogens is 333 g/mol. The van der Waals surface area contributed by atoms with Gasteiger partial charge in [-0.3, -0.25) is 9.78 Å². The van der Waals surface area contributed by atoms with Crippen LogP contribution in [0.15, 0.2) is 48.7 Å². The minimum absolute atomic E-state index is 0.0105. The van der Waals surface area contributed by atoms with Crippen LogP contribution in [0.1, 0.15) is 12.1 Å². The Morgan fingerprint density at radius 2 is 2.04 bits per heavy atom. The van der Waals surface area contributed by atoms with Crippen molar-refractivity contribution in [1.82, 2.24) is 9.29 Å². The second kappa shape index (κ2) is 7.98. The summed E-state index contributed by atoms with van der Waals surface area (Å²) in [4.78, 5) is 16.0. The number of hydrogen-bond donors (Lipinski definition) is 1. The number of hydrogen-bond acceptors (Lipinski definition) is 4. The molecule has 0 saturated carbocycles. The molecular formula is C16H18FN3O3S. The number of carbonyl (C=O) groups excluding carboxylic acids is 1. The molecule has 1 aromatic heterocycles. The number of nitrogens with zero attached hydrogens (tertiary/aromatic N) is 2. The lowest BCUT2D eigenvalue weighted by Crippen LogP contribution is -2.32. The van der Waals surface area contributed by atoms with E-state index in [1.807, 2.05) is 0 Å². The molecule has 1 amide bonds. The van der Waals surface area contributed by atoms with Gasteiger partial charge in [0, 0.05) is 24.8 Å². The van der Waals surface area contributed by atoms with Crippen LogP contribution in [0, 0.1) is 5.82 Å². The number of anilines is 1. The predicted octanol–water partition coefficient (Wildman–Crippen LogP) is 2.01. The van der Waals surface area contributed by atoms with Gasteiger partial charge < -0.3 is 5.32 Å². The third kappa shape index (κ3) is 5.71. The van der Waals surface area contributed by atoms with E-state index in [1.54, 1.807) is 30.5 Å². The Morgan fingerprint density at radius 3 is 2.67 bits per heavy atom. The van der Waals surface area contributed by atoms with E-state index < -0.39 is 21.7 Å². The highest BCUT2D eigenvalue weighted by molar-refractivity contribution is 7.88. The van der Waals surface area contributed by atoms with Crippen molar-refractivity contribution in [3.63, 3.8) is 0 Å². The molecule has 0 aliphatic rings. The maximum atomic E-state index is 13.1. The van der Waals surface area contributed by atoms with E-state index in [9.17, 15) is 17.6 Å². The smallest absolute Gasteiger partial charge is 0.225 e. The van der Waals surface area contributed by atoms with Crippen LogP contribution in [0.25, 0.3) is 0 Å². The van der Waals surface area contributed by atoms with E-state index in [0.29, 0.717) is 11.4 Å². The van der Waals surface area contributed by atoms with Crippen LogP contribution in [0.3, 0.4) is 0 Å². The highest BCUT2D eigenvalue weighted by atomic mass is 32.2. The highest BCUT2D eigenvalue weighted by Crippen LogP contribution is 2.11. The minimum atomic E-state index is -3.49. The van der Waals surface area contributed by atoms with Gasteiger partial charge in [0.15, 0.2) is 0 Å². The van der Waals surface area contributed by atoms with Gasteiger partial charge in [0.05, 0.1) is 18.5 Å². The maximum Gasteiger partial charge on any atom is 0.225 e. The van der Waals surface area contributed by atoms with Crippen molar-refractivity contribution in [2.45, 2.75) is 13.0 Å². The Kier molecular flexibility index (Phi) is 5.99. The van der Waals surface area contributed by atoms with Gasteiger partial charge in [-0.25, -0.2) is 12.8 Å². The lowest BCUT2D eigenvalue weighted by atomic mass is 10.3. The van der Waals surface area contributed by atoms with Crippen LogP contribution in [0.4, 0.5) is 10.1 Å². The molecule has 2 rings (SSSR count). The van der Waals surface area contributed by atoms with Gasteiger partial charge in [-0.2, -0.15) is 4.31 Å². The molecule has 0 aliphatic carbocycles. The number of nitrogens with one attached hydrogen (secondary N) is 1. The van der Waals surface area contributed by atoms with E-state index in [1.165, 1.54) is 22.5 Å². The lowest BCUT2D eigenvalue weighted by Gasteiger charge is -2.19. The molecule has 0 radical (unpaired) electrons. The number of benzene rings is 1. The fourth-order valence-electron chi connectivity index (χ4n) is 2.05. The van der Waals surface area contributed by atoms with Crippen molar-refractivity contribution in [2.24, 2.45) is 0 Å². The SMILES string of the molecule is CS(=O)(=O)N(CCC(=O)Nc1cccc(F)c1)Cc1ccccn1. The molecule has 1 heterocycles. The van der Waals surface area contributed by atoms with E-state index in [2.05, 4.69) is 10.3 Å². The number of halogens is 1. The first-order valence-electron chi connectivity index (χ1n) is 7.25. The number of amides is 1. The molecule has 0 fully saturated rings. The van der Waals surface area contributed by atoms with Gasteiger partial charge in [0.1, 0.15) is 5.82 Å². The van der Waals surface area contributed by atoms with Crippen LogP contribution in [-0.2, 0) is 21.4 Å². The normalized spacial score (nSPS) is 11.5. The number of pyridine rings is 1. The molecule has 128 valence electrons. The summed E-state index contributed by atoms with van der Waals surface area (Å²) in [5.41, 5.74) is 0.920. The van der Waals surface area contributed by atoms with Gasteiger partial charge in [-0.05, 0) is 30.3 Å². The number of rotatable bonds is 7. The van der Waals surface area contributed by atoms with E-state index in [0.717, 1.165) is 6.26 Å². The third-order valence-electron chi connectivity index (χ3n) is 3.23. The van der Waals surface area contributed by atoms with E-state index >= 15 is 0 Å². The first-order chi connectivity index (χ1) is 11.3. The van der Waals surface area contributed by atoms with Crippen molar-refractivity contribution in [2.75, 3.05) is 18.1 Å². The van der Waals surface area contributed by atoms with Crippen LogP contribution in [0.5, 0.6) is 0 Å². The van der Waals surface area contributed by atoms with Crippen molar-refractivity contribution in [3.05, 3.63) is 60.2 Å². The zero-order valence-electron chi connectivity index (χ0n) is 13.1. The lowest BCUT2D eigenvalue weighted by molar-refractivity contribution is -0.116. The molecule has 0 unspecified atom stereocenters.